The maximum absolute atomic E-state index is 12.0. The van der Waals surface area contributed by atoms with Crippen LogP contribution in [-0.4, -0.2) is 17.4 Å². The summed E-state index contributed by atoms with van der Waals surface area (Å²) in [5.74, 6) is 0.257. The fraction of sp³-hybridized carbons (Fsp3) is 0.278. The van der Waals surface area contributed by atoms with Crippen molar-refractivity contribution in [2.75, 3.05) is 17.2 Å². The van der Waals surface area contributed by atoms with Gasteiger partial charge in [-0.3, -0.25) is 14.9 Å². The molecule has 2 aromatic rings. The van der Waals surface area contributed by atoms with Crippen LogP contribution in [0.5, 0.6) is 0 Å². The van der Waals surface area contributed by atoms with E-state index in [2.05, 4.69) is 24.5 Å². The van der Waals surface area contributed by atoms with Gasteiger partial charge < -0.3 is 10.6 Å². The summed E-state index contributed by atoms with van der Waals surface area (Å²) in [6.07, 6.45) is 0. The molecule has 0 saturated heterocycles. The lowest BCUT2D eigenvalue weighted by atomic mass is 10.0. The Hall–Kier alpha value is -2.89. The second-order valence-electron chi connectivity index (χ2n) is 5.93. The van der Waals surface area contributed by atoms with Gasteiger partial charge in [0.05, 0.1) is 11.5 Å². The van der Waals surface area contributed by atoms with Crippen molar-refractivity contribution in [2.45, 2.75) is 26.7 Å². The number of carbonyl (C=O) groups excluding carboxylic acids is 1. The highest BCUT2D eigenvalue weighted by Crippen LogP contribution is 2.21. The summed E-state index contributed by atoms with van der Waals surface area (Å²) in [4.78, 5) is 22.3. The molecular formula is C18H21N3O3. The molecule has 0 spiro atoms. The minimum Gasteiger partial charge on any atom is -0.376 e. The number of carbonyl (C=O) groups is 1. The van der Waals surface area contributed by atoms with Crippen molar-refractivity contribution in [1.82, 2.24) is 0 Å². The fourth-order valence-electron chi connectivity index (χ4n) is 2.26. The standard InChI is InChI=1S/C18H21N3O3/c1-12(2)14-4-6-15(7-5-14)19-11-18(22)20-17-9-8-16(21(23)24)10-13(17)3/h4-10,12,19H,11H2,1-3H3,(H,20,22). The lowest BCUT2D eigenvalue weighted by molar-refractivity contribution is -0.384. The minimum absolute atomic E-state index is 0.00821. The number of nitrogens with zero attached hydrogens (tertiary/aromatic N) is 1. The first-order valence-electron chi connectivity index (χ1n) is 7.75. The zero-order valence-corrected chi connectivity index (χ0v) is 14.0. The van der Waals surface area contributed by atoms with Crippen LogP contribution in [0.2, 0.25) is 0 Å². The van der Waals surface area contributed by atoms with E-state index in [1.165, 1.54) is 17.7 Å². The summed E-state index contributed by atoms with van der Waals surface area (Å²) >= 11 is 0. The maximum Gasteiger partial charge on any atom is 0.269 e. The summed E-state index contributed by atoms with van der Waals surface area (Å²) in [6.45, 7) is 6.10. The van der Waals surface area contributed by atoms with Crippen LogP contribution in [0.3, 0.4) is 0 Å². The van der Waals surface area contributed by atoms with Crippen LogP contribution < -0.4 is 10.6 Å². The van der Waals surface area contributed by atoms with Crippen LogP contribution in [-0.2, 0) is 4.79 Å². The van der Waals surface area contributed by atoms with E-state index >= 15 is 0 Å². The molecule has 0 heterocycles. The Morgan fingerprint density at radius 2 is 1.83 bits per heavy atom. The molecule has 0 unspecified atom stereocenters. The smallest absolute Gasteiger partial charge is 0.269 e. The average Bonchev–Trinajstić information content (AvgIpc) is 2.55. The monoisotopic (exact) mass is 327 g/mol. The van der Waals surface area contributed by atoms with Gasteiger partial charge in [-0.15, -0.1) is 0 Å². The Bertz CT molecular complexity index is 740. The van der Waals surface area contributed by atoms with Gasteiger partial charge in [0.15, 0.2) is 0 Å². The first-order valence-corrected chi connectivity index (χ1v) is 7.75. The van der Waals surface area contributed by atoms with Gasteiger partial charge in [0.25, 0.3) is 5.69 Å². The van der Waals surface area contributed by atoms with Crippen molar-refractivity contribution in [3.63, 3.8) is 0 Å². The Morgan fingerprint density at radius 3 is 2.38 bits per heavy atom. The average molecular weight is 327 g/mol. The van der Waals surface area contributed by atoms with Crippen molar-refractivity contribution in [3.8, 4) is 0 Å². The van der Waals surface area contributed by atoms with E-state index in [9.17, 15) is 14.9 Å². The van der Waals surface area contributed by atoms with Crippen LogP contribution in [0.4, 0.5) is 17.1 Å². The van der Waals surface area contributed by atoms with Crippen molar-refractivity contribution in [1.29, 1.82) is 0 Å². The molecule has 0 aromatic heterocycles. The Kier molecular flexibility index (Phi) is 5.52. The molecule has 1 amide bonds. The normalized spacial score (nSPS) is 10.5. The van der Waals surface area contributed by atoms with Crippen LogP contribution in [0.25, 0.3) is 0 Å². The van der Waals surface area contributed by atoms with E-state index in [1.54, 1.807) is 13.0 Å². The lowest BCUT2D eigenvalue weighted by Crippen LogP contribution is -2.22. The summed E-state index contributed by atoms with van der Waals surface area (Å²) in [6, 6.07) is 12.3. The molecule has 0 aliphatic rings. The third-order valence-corrected chi connectivity index (χ3v) is 3.73. The van der Waals surface area contributed by atoms with Gasteiger partial charge in [0.2, 0.25) is 5.91 Å². The highest BCUT2D eigenvalue weighted by Gasteiger charge is 2.10. The number of non-ortho nitro benzene ring substituents is 1. The number of nitrogens with one attached hydrogen (secondary N) is 2. The Morgan fingerprint density at radius 1 is 1.17 bits per heavy atom. The van der Waals surface area contributed by atoms with Gasteiger partial charge in [0.1, 0.15) is 0 Å². The SMILES string of the molecule is Cc1cc([N+](=O)[O-])ccc1NC(=O)CNc1ccc(C(C)C)cc1. The summed E-state index contributed by atoms with van der Waals surface area (Å²) < 4.78 is 0. The minimum atomic E-state index is -0.457. The molecule has 24 heavy (non-hydrogen) atoms. The second kappa shape index (κ2) is 7.59. The van der Waals surface area contributed by atoms with Crippen LogP contribution >= 0.6 is 0 Å². The molecule has 0 aliphatic carbocycles. The second-order valence-corrected chi connectivity index (χ2v) is 5.93. The van der Waals surface area contributed by atoms with Gasteiger partial charge in [0, 0.05) is 23.5 Å². The predicted octanol–water partition coefficient (Wildman–Crippen LogP) is 4.08. The predicted molar refractivity (Wildman–Crippen MR) is 95.5 cm³/mol. The van der Waals surface area contributed by atoms with Crippen molar-refractivity contribution >= 4 is 23.0 Å². The molecule has 0 aliphatic heterocycles. The van der Waals surface area contributed by atoms with E-state index < -0.39 is 4.92 Å². The zero-order chi connectivity index (χ0) is 17.7. The van der Waals surface area contributed by atoms with E-state index in [4.69, 9.17) is 0 Å². The van der Waals surface area contributed by atoms with E-state index in [1.807, 2.05) is 24.3 Å². The molecule has 0 saturated carbocycles. The van der Waals surface area contributed by atoms with Crippen molar-refractivity contribution < 1.29 is 9.72 Å². The number of rotatable bonds is 6. The number of hydrogen-bond donors (Lipinski definition) is 2. The van der Waals surface area contributed by atoms with Crippen LogP contribution in [0.1, 0.15) is 30.9 Å². The number of nitro benzene ring substituents is 1. The summed E-state index contributed by atoms with van der Waals surface area (Å²) in [7, 11) is 0. The third-order valence-electron chi connectivity index (χ3n) is 3.73. The van der Waals surface area contributed by atoms with Gasteiger partial charge in [-0.05, 0) is 42.2 Å². The number of benzene rings is 2. The van der Waals surface area contributed by atoms with E-state index in [-0.39, 0.29) is 18.1 Å². The van der Waals surface area contributed by atoms with E-state index in [0.29, 0.717) is 17.2 Å². The molecule has 0 atom stereocenters. The van der Waals surface area contributed by atoms with E-state index in [0.717, 1.165) is 5.69 Å². The molecular weight excluding hydrogens is 306 g/mol. The summed E-state index contributed by atoms with van der Waals surface area (Å²) in [5, 5.41) is 16.5. The summed E-state index contributed by atoms with van der Waals surface area (Å²) in [5.41, 5.74) is 3.34. The maximum atomic E-state index is 12.0. The van der Waals surface area contributed by atoms with Crippen molar-refractivity contribution in [2.24, 2.45) is 0 Å². The molecule has 6 nitrogen and oxygen atoms in total. The molecule has 6 heteroatoms. The zero-order valence-electron chi connectivity index (χ0n) is 14.0. The Balaban J connectivity index is 1.92. The van der Waals surface area contributed by atoms with Crippen molar-refractivity contribution in [3.05, 3.63) is 63.7 Å². The third kappa shape index (κ3) is 4.55. The molecule has 0 fully saturated rings. The first-order chi connectivity index (χ1) is 11.4. The Labute approximate surface area is 141 Å². The highest BCUT2D eigenvalue weighted by molar-refractivity contribution is 5.94. The number of aryl methyl sites for hydroxylation is 1. The molecule has 2 N–H and O–H groups in total. The number of nitro groups is 1. The number of hydrogen-bond acceptors (Lipinski definition) is 4. The first kappa shape index (κ1) is 17.5. The van der Waals surface area contributed by atoms with Gasteiger partial charge in [-0.1, -0.05) is 26.0 Å². The van der Waals surface area contributed by atoms with Crippen LogP contribution in [0, 0.1) is 17.0 Å². The highest BCUT2D eigenvalue weighted by atomic mass is 16.6. The number of amides is 1. The lowest BCUT2D eigenvalue weighted by Gasteiger charge is -2.11. The van der Waals surface area contributed by atoms with Gasteiger partial charge in [-0.2, -0.15) is 0 Å². The molecule has 0 radical (unpaired) electrons. The van der Waals surface area contributed by atoms with Crippen LogP contribution in [0.15, 0.2) is 42.5 Å². The van der Waals surface area contributed by atoms with Gasteiger partial charge in [-0.25, -0.2) is 0 Å². The van der Waals surface area contributed by atoms with Gasteiger partial charge >= 0.3 is 0 Å². The molecule has 2 rings (SSSR count). The number of anilines is 2. The molecule has 2 aromatic carbocycles. The quantitative estimate of drug-likeness (QED) is 0.618. The largest absolute Gasteiger partial charge is 0.376 e. The topological polar surface area (TPSA) is 84.3 Å². The fourth-order valence-corrected chi connectivity index (χ4v) is 2.26. The molecule has 0 bridgehead atoms. The molecule has 126 valence electrons.